The van der Waals surface area contributed by atoms with E-state index in [1.165, 1.54) is 0 Å². The summed E-state index contributed by atoms with van der Waals surface area (Å²) in [5, 5.41) is 9.73. The highest BCUT2D eigenvalue weighted by Gasteiger charge is 2.33. The van der Waals surface area contributed by atoms with Crippen LogP contribution in [0, 0.1) is 5.41 Å². The lowest BCUT2D eigenvalue weighted by Crippen LogP contribution is -2.30. The van der Waals surface area contributed by atoms with E-state index in [9.17, 15) is 9.90 Å². The van der Waals surface area contributed by atoms with E-state index >= 15 is 0 Å². The molecule has 0 radical (unpaired) electrons. The summed E-state index contributed by atoms with van der Waals surface area (Å²) in [5.41, 5.74) is 0.550. The number of nitrogens with zero attached hydrogens (tertiary/aromatic N) is 1. The van der Waals surface area contributed by atoms with Crippen LogP contribution in [-0.2, 0) is 0 Å². The number of likely N-dealkylation sites (tertiary alicyclic amines) is 1. The molecule has 3 nitrogen and oxygen atoms in total. The second kappa shape index (κ2) is 4.33. The van der Waals surface area contributed by atoms with E-state index in [4.69, 9.17) is 0 Å². The summed E-state index contributed by atoms with van der Waals surface area (Å²) in [5.74, 6) is -0.0442. The van der Waals surface area contributed by atoms with E-state index in [0.717, 1.165) is 24.0 Å². The highest BCUT2D eigenvalue weighted by molar-refractivity contribution is 9.10. The van der Waals surface area contributed by atoms with Crippen LogP contribution in [0.2, 0.25) is 0 Å². The van der Waals surface area contributed by atoms with Gasteiger partial charge in [-0.1, -0.05) is 29.8 Å². The fourth-order valence-corrected chi connectivity index (χ4v) is 2.50. The van der Waals surface area contributed by atoms with Gasteiger partial charge in [0, 0.05) is 17.6 Å². The van der Waals surface area contributed by atoms with Crippen LogP contribution >= 0.6 is 15.9 Å². The number of phenolic OH excluding ortho intramolecular Hbond substituents is 1. The Morgan fingerprint density at radius 2 is 2.18 bits per heavy atom. The topological polar surface area (TPSA) is 40.5 Å². The maximum atomic E-state index is 12.3. The van der Waals surface area contributed by atoms with Crippen molar-refractivity contribution in [3.8, 4) is 5.75 Å². The minimum absolute atomic E-state index is 0.0444. The number of hydrogen-bond donors (Lipinski definition) is 1. The molecule has 1 aliphatic rings. The molecule has 4 heteroatoms. The van der Waals surface area contributed by atoms with Crippen molar-refractivity contribution in [3.63, 3.8) is 0 Å². The summed E-state index contributed by atoms with van der Waals surface area (Å²) >= 11 is 3.31. The third-order valence-corrected chi connectivity index (χ3v) is 3.65. The molecule has 0 atom stereocenters. The molecule has 1 aromatic carbocycles. The maximum Gasteiger partial charge on any atom is 0.257 e. The van der Waals surface area contributed by atoms with Crippen LogP contribution < -0.4 is 0 Å². The fraction of sp³-hybridized carbons (Fsp3) is 0.462. The molecule has 1 heterocycles. The van der Waals surface area contributed by atoms with E-state index < -0.39 is 0 Å². The zero-order valence-electron chi connectivity index (χ0n) is 10.0. The third kappa shape index (κ3) is 2.63. The molecule has 0 saturated carbocycles. The van der Waals surface area contributed by atoms with Gasteiger partial charge in [-0.05, 0) is 30.0 Å². The Labute approximate surface area is 110 Å². The average Bonchev–Trinajstić information content (AvgIpc) is 2.61. The summed E-state index contributed by atoms with van der Waals surface area (Å²) in [6.45, 7) is 5.82. The number of carbonyl (C=O) groups is 1. The number of carbonyl (C=O) groups excluding carboxylic acids is 1. The highest BCUT2D eigenvalue weighted by atomic mass is 79.9. The normalized spacial score (nSPS) is 18.4. The molecule has 0 bridgehead atoms. The van der Waals surface area contributed by atoms with Gasteiger partial charge in [0.05, 0.1) is 5.56 Å². The molecular formula is C13H16BrNO2. The van der Waals surface area contributed by atoms with Crippen molar-refractivity contribution in [3.05, 3.63) is 28.2 Å². The molecule has 92 valence electrons. The van der Waals surface area contributed by atoms with Crippen molar-refractivity contribution in [2.45, 2.75) is 20.3 Å². The predicted molar refractivity (Wildman–Crippen MR) is 70.1 cm³/mol. The standard InChI is InChI=1S/C13H16BrNO2/c1-13(2)5-6-15(8-13)12(17)10-7-9(14)3-4-11(10)16/h3-4,7,16H,5-6,8H2,1-2H3. The lowest BCUT2D eigenvalue weighted by molar-refractivity contribution is 0.0775. The van der Waals surface area contributed by atoms with Crippen LogP contribution in [0.3, 0.4) is 0 Å². The third-order valence-electron chi connectivity index (χ3n) is 3.15. The second-order valence-corrected chi connectivity index (χ2v) is 6.22. The molecule has 0 aliphatic carbocycles. The number of halogens is 1. The van der Waals surface area contributed by atoms with Gasteiger partial charge in [-0.2, -0.15) is 0 Å². The van der Waals surface area contributed by atoms with E-state index in [2.05, 4.69) is 29.8 Å². The minimum Gasteiger partial charge on any atom is -0.507 e. The molecule has 1 aromatic rings. The van der Waals surface area contributed by atoms with Gasteiger partial charge in [0.25, 0.3) is 5.91 Å². The first-order valence-corrected chi connectivity index (χ1v) is 6.46. The molecule has 17 heavy (non-hydrogen) atoms. The monoisotopic (exact) mass is 297 g/mol. The Hall–Kier alpha value is -1.03. The number of amides is 1. The fourth-order valence-electron chi connectivity index (χ4n) is 2.14. The molecule has 1 saturated heterocycles. The van der Waals surface area contributed by atoms with Gasteiger partial charge in [-0.25, -0.2) is 0 Å². The first kappa shape index (κ1) is 12.4. The number of benzene rings is 1. The molecule has 0 unspecified atom stereocenters. The lowest BCUT2D eigenvalue weighted by Gasteiger charge is -2.20. The van der Waals surface area contributed by atoms with Crippen molar-refractivity contribution >= 4 is 21.8 Å². The largest absolute Gasteiger partial charge is 0.507 e. The first-order valence-electron chi connectivity index (χ1n) is 5.67. The molecule has 1 amide bonds. The van der Waals surface area contributed by atoms with Crippen LogP contribution in [0.25, 0.3) is 0 Å². The van der Waals surface area contributed by atoms with Gasteiger partial charge in [0.2, 0.25) is 0 Å². The Bertz CT molecular complexity index is 457. The zero-order chi connectivity index (χ0) is 12.6. The maximum absolute atomic E-state index is 12.3. The van der Waals surface area contributed by atoms with E-state index in [1.807, 2.05) is 4.90 Å². The molecule has 1 aliphatic heterocycles. The lowest BCUT2D eigenvalue weighted by atomic mass is 9.93. The smallest absolute Gasteiger partial charge is 0.257 e. The molecular weight excluding hydrogens is 282 g/mol. The summed E-state index contributed by atoms with van der Waals surface area (Å²) in [7, 11) is 0. The number of phenols is 1. The van der Waals surface area contributed by atoms with Crippen LogP contribution in [0.4, 0.5) is 0 Å². The van der Waals surface area contributed by atoms with Crippen LogP contribution in [0.15, 0.2) is 22.7 Å². The molecule has 0 aromatic heterocycles. The van der Waals surface area contributed by atoms with Gasteiger partial charge < -0.3 is 10.0 Å². The number of rotatable bonds is 1. The first-order chi connectivity index (χ1) is 7.89. The Balaban J connectivity index is 2.23. The molecule has 0 spiro atoms. The predicted octanol–water partition coefficient (Wildman–Crippen LogP) is 3.03. The Morgan fingerprint density at radius 1 is 1.47 bits per heavy atom. The van der Waals surface area contributed by atoms with Gasteiger partial charge in [-0.15, -0.1) is 0 Å². The molecule has 1 N–H and O–H groups in total. The van der Waals surface area contributed by atoms with E-state index in [-0.39, 0.29) is 17.1 Å². The van der Waals surface area contributed by atoms with Crippen molar-refractivity contribution in [2.75, 3.05) is 13.1 Å². The second-order valence-electron chi connectivity index (χ2n) is 5.30. The van der Waals surface area contributed by atoms with Crippen molar-refractivity contribution in [2.24, 2.45) is 5.41 Å². The summed E-state index contributed by atoms with van der Waals surface area (Å²) < 4.78 is 0.803. The number of aromatic hydroxyl groups is 1. The zero-order valence-corrected chi connectivity index (χ0v) is 11.6. The SMILES string of the molecule is CC1(C)CCN(C(=O)c2cc(Br)ccc2O)C1. The van der Waals surface area contributed by atoms with E-state index in [0.29, 0.717) is 5.56 Å². The van der Waals surface area contributed by atoms with Crippen LogP contribution in [0.1, 0.15) is 30.6 Å². The van der Waals surface area contributed by atoms with Gasteiger partial charge >= 0.3 is 0 Å². The number of hydrogen-bond acceptors (Lipinski definition) is 2. The average molecular weight is 298 g/mol. The van der Waals surface area contributed by atoms with Crippen molar-refractivity contribution in [1.29, 1.82) is 0 Å². The minimum atomic E-state index is -0.0885. The van der Waals surface area contributed by atoms with Crippen LogP contribution in [-0.4, -0.2) is 29.0 Å². The van der Waals surface area contributed by atoms with Crippen molar-refractivity contribution < 1.29 is 9.90 Å². The van der Waals surface area contributed by atoms with Gasteiger partial charge in [-0.3, -0.25) is 4.79 Å². The summed E-state index contributed by atoms with van der Waals surface area (Å²) in [6.07, 6.45) is 1.01. The Morgan fingerprint density at radius 3 is 2.76 bits per heavy atom. The Kier molecular flexibility index (Phi) is 3.17. The highest BCUT2D eigenvalue weighted by Crippen LogP contribution is 2.31. The summed E-state index contributed by atoms with van der Waals surface area (Å²) in [6, 6.07) is 4.93. The summed E-state index contributed by atoms with van der Waals surface area (Å²) in [4.78, 5) is 14.1. The quantitative estimate of drug-likeness (QED) is 0.865. The van der Waals surface area contributed by atoms with E-state index in [1.54, 1.807) is 18.2 Å². The van der Waals surface area contributed by atoms with Crippen LogP contribution in [0.5, 0.6) is 5.75 Å². The molecule has 1 fully saturated rings. The van der Waals surface area contributed by atoms with Gasteiger partial charge in [0.15, 0.2) is 0 Å². The van der Waals surface area contributed by atoms with Crippen molar-refractivity contribution in [1.82, 2.24) is 4.90 Å². The van der Waals surface area contributed by atoms with Gasteiger partial charge in [0.1, 0.15) is 5.75 Å². The molecule has 2 rings (SSSR count).